The number of nitrogens with zero attached hydrogens (tertiary/aromatic N) is 1. The molecule has 0 aromatic rings. The average molecular weight is 408 g/mol. The van der Waals surface area contributed by atoms with Crippen molar-refractivity contribution in [3.05, 3.63) is 0 Å². The van der Waals surface area contributed by atoms with Crippen LogP contribution in [0.1, 0.15) is 19.3 Å². The summed E-state index contributed by atoms with van der Waals surface area (Å²) in [5, 5.41) is 0. The fraction of sp³-hybridized carbons (Fsp3) is 1.00. The van der Waals surface area contributed by atoms with Crippen LogP contribution in [0.3, 0.4) is 0 Å². The highest BCUT2D eigenvalue weighted by Gasteiger charge is 2.23. The Balaban J connectivity index is 4.39. The molecule has 0 fully saturated rings. The van der Waals surface area contributed by atoms with Crippen molar-refractivity contribution < 1.29 is 13.3 Å². The second-order valence-corrected chi connectivity index (χ2v) is 22.3. The standard InChI is InChI=1S/C18H45NO3Si3/c1-20-23(4,5)16-10-13-19(14-11-17-24(6,7)21-2)15-12-18-25(8,9)22-3/h10-18H2,1-9H3. The molecule has 0 aliphatic carbocycles. The van der Waals surface area contributed by atoms with Crippen molar-refractivity contribution in [3.63, 3.8) is 0 Å². The first-order chi connectivity index (χ1) is 11.5. The van der Waals surface area contributed by atoms with E-state index in [9.17, 15) is 0 Å². The summed E-state index contributed by atoms with van der Waals surface area (Å²) in [4.78, 5) is 2.67. The Morgan fingerprint density at radius 1 is 0.520 bits per heavy atom. The third-order valence-corrected chi connectivity index (χ3v) is 13.4. The van der Waals surface area contributed by atoms with Gasteiger partial charge in [0.05, 0.1) is 0 Å². The lowest BCUT2D eigenvalue weighted by molar-refractivity contribution is 0.268. The lowest BCUT2D eigenvalue weighted by Gasteiger charge is -2.28. The van der Waals surface area contributed by atoms with Crippen molar-refractivity contribution in [3.8, 4) is 0 Å². The van der Waals surface area contributed by atoms with E-state index in [0.29, 0.717) is 0 Å². The lowest BCUT2D eigenvalue weighted by atomic mass is 10.3. The molecule has 0 unspecified atom stereocenters. The molecule has 0 heterocycles. The predicted octanol–water partition coefficient (Wildman–Crippen LogP) is 5.01. The SMILES string of the molecule is CO[Si](C)(C)CCCN(CCC[Si](C)(C)OC)CCC[Si](C)(C)OC. The van der Waals surface area contributed by atoms with Gasteiger partial charge in [0, 0.05) is 21.3 Å². The van der Waals surface area contributed by atoms with E-state index in [2.05, 4.69) is 44.2 Å². The smallest absolute Gasteiger partial charge is 0.186 e. The highest BCUT2D eigenvalue weighted by Crippen LogP contribution is 2.17. The molecule has 0 aromatic heterocycles. The van der Waals surface area contributed by atoms with Crippen LogP contribution in [0.15, 0.2) is 0 Å². The zero-order valence-electron chi connectivity index (χ0n) is 18.5. The fourth-order valence-corrected chi connectivity index (χ4v) is 6.47. The normalized spacial score (nSPS) is 13.7. The Morgan fingerprint density at radius 2 is 0.760 bits per heavy atom. The van der Waals surface area contributed by atoms with E-state index in [4.69, 9.17) is 13.3 Å². The molecule has 0 spiro atoms. The number of rotatable bonds is 15. The van der Waals surface area contributed by atoms with Crippen molar-refractivity contribution >= 4 is 25.0 Å². The highest BCUT2D eigenvalue weighted by molar-refractivity contribution is 6.71. The van der Waals surface area contributed by atoms with Gasteiger partial charge in [-0.2, -0.15) is 0 Å². The molecule has 4 nitrogen and oxygen atoms in total. The van der Waals surface area contributed by atoms with Gasteiger partial charge in [0.25, 0.3) is 0 Å². The summed E-state index contributed by atoms with van der Waals surface area (Å²) in [7, 11) is 1.33. The first-order valence-electron chi connectivity index (χ1n) is 9.85. The summed E-state index contributed by atoms with van der Waals surface area (Å²) in [5.74, 6) is 0. The Bertz CT molecular complexity index is 300. The van der Waals surface area contributed by atoms with E-state index in [-0.39, 0.29) is 0 Å². The molecule has 0 aliphatic rings. The van der Waals surface area contributed by atoms with Gasteiger partial charge in [-0.3, -0.25) is 0 Å². The van der Waals surface area contributed by atoms with Crippen LogP contribution in [0.4, 0.5) is 0 Å². The fourth-order valence-electron chi connectivity index (χ4n) is 2.83. The molecule has 0 amide bonds. The van der Waals surface area contributed by atoms with Gasteiger partial charge in [0.15, 0.2) is 25.0 Å². The molecule has 25 heavy (non-hydrogen) atoms. The van der Waals surface area contributed by atoms with Gasteiger partial charge in [0.1, 0.15) is 0 Å². The van der Waals surface area contributed by atoms with Gasteiger partial charge >= 0.3 is 0 Å². The minimum atomic E-state index is -1.43. The van der Waals surface area contributed by atoms with Crippen molar-refractivity contribution in [2.75, 3.05) is 41.0 Å². The maximum Gasteiger partial charge on any atom is 0.186 e. The Kier molecular flexibility index (Phi) is 12.3. The summed E-state index contributed by atoms with van der Waals surface area (Å²) < 4.78 is 17.1. The first kappa shape index (κ1) is 25.5. The molecule has 7 heteroatoms. The van der Waals surface area contributed by atoms with Crippen LogP contribution in [-0.2, 0) is 13.3 Å². The van der Waals surface area contributed by atoms with Crippen LogP contribution >= 0.6 is 0 Å². The molecule has 0 radical (unpaired) electrons. The molecule has 0 rings (SSSR count). The molecule has 0 saturated carbocycles. The van der Waals surface area contributed by atoms with E-state index >= 15 is 0 Å². The third-order valence-electron chi connectivity index (χ3n) is 5.42. The van der Waals surface area contributed by atoms with Gasteiger partial charge in [-0.05, 0) is 96.3 Å². The summed E-state index contributed by atoms with van der Waals surface area (Å²) >= 11 is 0. The van der Waals surface area contributed by atoms with E-state index in [1.807, 2.05) is 21.3 Å². The van der Waals surface area contributed by atoms with Gasteiger partial charge < -0.3 is 18.2 Å². The highest BCUT2D eigenvalue weighted by atomic mass is 28.4. The Labute approximate surface area is 161 Å². The Morgan fingerprint density at radius 3 is 0.960 bits per heavy atom. The zero-order valence-corrected chi connectivity index (χ0v) is 21.5. The van der Waals surface area contributed by atoms with Crippen molar-refractivity contribution in [2.45, 2.75) is 76.7 Å². The molecule has 0 aromatic carbocycles. The van der Waals surface area contributed by atoms with Gasteiger partial charge in [-0.15, -0.1) is 0 Å². The molecule has 0 bridgehead atoms. The molecule has 0 saturated heterocycles. The molecule has 152 valence electrons. The molecular weight excluding hydrogens is 362 g/mol. The van der Waals surface area contributed by atoms with Crippen LogP contribution in [-0.4, -0.2) is 70.8 Å². The van der Waals surface area contributed by atoms with Gasteiger partial charge in [0.2, 0.25) is 0 Å². The van der Waals surface area contributed by atoms with Gasteiger partial charge in [-0.1, -0.05) is 0 Å². The maximum absolute atomic E-state index is 5.70. The van der Waals surface area contributed by atoms with E-state index in [0.717, 1.165) is 0 Å². The van der Waals surface area contributed by atoms with Gasteiger partial charge in [-0.25, -0.2) is 0 Å². The molecule has 0 aliphatic heterocycles. The van der Waals surface area contributed by atoms with Crippen LogP contribution < -0.4 is 0 Å². The third kappa shape index (κ3) is 13.3. The van der Waals surface area contributed by atoms with Crippen molar-refractivity contribution in [2.24, 2.45) is 0 Å². The predicted molar refractivity (Wildman–Crippen MR) is 118 cm³/mol. The second kappa shape index (κ2) is 12.0. The minimum absolute atomic E-state index is 1.20. The maximum atomic E-state index is 5.70. The molecule has 0 N–H and O–H groups in total. The minimum Gasteiger partial charge on any atom is -0.420 e. The van der Waals surface area contributed by atoms with Crippen LogP contribution in [0.25, 0.3) is 0 Å². The summed E-state index contributed by atoms with van der Waals surface area (Å²) in [5.41, 5.74) is 0. The number of hydrogen-bond acceptors (Lipinski definition) is 4. The topological polar surface area (TPSA) is 30.9 Å². The first-order valence-corrected chi connectivity index (χ1v) is 19.2. The summed E-state index contributed by atoms with van der Waals surface area (Å²) in [6, 6.07) is 3.74. The van der Waals surface area contributed by atoms with Crippen molar-refractivity contribution in [1.29, 1.82) is 0 Å². The van der Waals surface area contributed by atoms with Crippen LogP contribution in [0, 0.1) is 0 Å². The van der Waals surface area contributed by atoms with Crippen molar-refractivity contribution in [1.82, 2.24) is 4.90 Å². The van der Waals surface area contributed by atoms with E-state index < -0.39 is 25.0 Å². The lowest BCUT2D eigenvalue weighted by Crippen LogP contribution is -2.35. The van der Waals surface area contributed by atoms with E-state index in [1.54, 1.807) is 0 Å². The number of hydrogen-bond donors (Lipinski definition) is 0. The van der Waals surface area contributed by atoms with Crippen LogP contribution in [0.5, 0.6) is 0 Å². The Hall–Kier alpha value is 0.491. The summed E-state index contributed by atoms with van der Waals surface area (Å²) in [6.45, 7) is 17.5. The van der Waals surface area contributed by atoms with Crippen LogP contribution in [0.2, 0.25) is 57.4 Å². The molecule has 0 atom stereocenters. The molecular formula is C18H45NO3Si3. The zero-order chi connectivity index (χ0) is 19.6. The average Bonchev–Trinajstić information content (AvgIpc) is 2.54. The largest absolute Gasteiger partial charge is 0.420 e. The summed E-state index contributed by atoms with van der Waals surface area (Å²) in [6.07, 6.45) is 3.76. The second-order valence-electron chi connectivity index (χ2n) is 9.04. The monoisotopic (exact) mass is 407 g/mol. The quantitative estimate of drug-likeness (QED) is 0.357. The van der Waals surface area contributed by atoms with E-state index in [1.165, 1.54) is 57.0 Å².